The Morgan fingerprint density at radius 2 is 1.76 bits per heavy atom. The molecule has 0 bridgehead atoms. The molecular weight excluding hydrogens is 264 g/mol. The second-order valence-electron chi connectivity index (χ2n) is 4.91. The maximum atomic E-state index is 11.3. The highest BCUT2D eigenvalue weighted by atomic mass is 16.4. The number of hydrogen-bond acceptors (Lipinski definition) is 2. The van der Waals surface area contributed by atoms with Gasteiger partial charge >= 0.3 is 5.97 Å². The lowest BCUT2D eigenvalue weighted by Gasteiger charge is -2.07. The minimum absolute atomic E-state index is 0.250. The van der Waals surface area contributed by atoms with Gasteiger partial charge in [-0.1, -0.05) is 29.8 Å². The van der Waals surface area contributed by atoms with E-state index in [1.54, 1.807) is 24.5 Å². The Morgan fingerprint density at radius 1 is 1.05 bits per heavy atom. The molecule has 0 aliphatic carbocycles. The molecule has 0 aliphatic heterocycles. The molecule has 0 saturated heterocycles. The number of hydrogen-bond donors (Lipinski definition) is 2. The fourth-order valence-corrected chi connectivity index (χ4v) is 2.22. The molecule has 0 amide bonds. The molecule has 0 atom stereocenters. The highest BCUT2D eigenvalue weighted by Crippen LogP contribution is 2.27. The largest absolute Gasteiger partial charge is 0.478 e. The van der Waals surface area contributed by atoms with Gasteiger partial charge < -0.3 is 10.1 Å². The zero-order valence-corrected chi connectivity index (χ0v) is 11.5. The van der Waals surface area contributed by atoms with Gasteiger partial charge in [0.05, 0.1) is 5.56 Å². The third kappa shape index (κ3) is 2.69. The van der Waals surface area contributed by atoms with Crippen molar-refractivity contribution in [3.8, 4) is 22.5 Å². The first-order valence-electron chi connectivity index (χ1n) is 6.58. The first-order valence-corrected chi connectivity index (χ1v) is 6.58. The number of carboxylic acids is 1. The number of aryl methyl sites for hydroxylation is 1. The summed E-state index contributed by atoms with van der Waals surface area (Å²) in [7, 11) is 0. The fraction of sp³-hybridized carbons (Fsp3) is 0.0588. The summed E-state index contributed by atoms with van der Waals surface area (Å²) in [5.41, 5.74) is 4.02. The van der Waals surface area contributed by atoms with Gasteiger partial charge in [-0.15, -0.1) is 0 Å². The van der Waals surface area contributed by atoms with Crippen molar-refractivity contribution in [2.45, 2.75) is 6.92 Å². The predicted octanol–water partition coefficient (Wildman–Crippen LogP) is 3.75. The van der Waals surface area contributed by atoms with Gasteiger partial charge in [-0.25, -0.2) is 9.78 Å². The number of aromatic amines is 1. The van der Waals surface area contributed by atoms with Crippen molar-refractivity contribution in [2.24, 2.45) is 0 Å². The van der Waals surface area contributed by atoms with Crippen molar-refractivity contribution in [1.29, 1.82) is 0 Å². The molecule has 4 nitrogen and oxygen atoms in total. The van der Waals surface area contributed by atoms with E-state index in [9.17, 15) is 9.90 Å². The molecule has 2 N–H and O–H groups in total. The van der Waals surface area contributed by atoms with Crippen LogP contribution in [0, 0.1) is 6.92 Å². The molecule has 0 unspecified atom stereocenters. The van der Waals surface area contributed by atoms with Crippen molar-refractivity contribution in [1.82, 2.24) is 9.97 Å². The van der Waals surface area contributed by atoms with E-state index in [1.807, 2.05) is 37.3 Å². The third-order valence-electron chi connectivity index (χ3n) is 3.34. The Bertz CT molecular complexity index is 775. The molecule has 2 aromatic carbocycles. The Kier molecular flexibility index (Phi) is 3.28. The normalized spacial score (nSPS) is 10.5. The molecule has 0 saturated carbocycles. The quantitative estimate of drug-likeness (QED) is 0.766. The molecule has 104 valence electrons. The minimum Gasteiger partial charge on any atom is -0.478 e. The summed E-state index contributed by atoms with van der Waals surface area (Å²) >= 11 is 0. The summed E-state index contributed by atoms with van der Waals surface area (Å²) in [4.78, 5) is 18.5. The summed E-state index contributed by atoms with van der Waals surface area (Å²) in [6.45, 7) is 2.02. The molecule has 0 radical (unpaired) electrons. The van der Waals surface area contributed by atoms with Crippen LogP contribution in [0.5, 0.6) is 0 Å². The maximum absolute atomic E-state index is 11.3. The van der Waals surface area contributed by atoms with Crippen LogP contribution in [0.3, 0.4) is 0 Å². The number of aromatic nitrogens is 2. The zero-order chi connectivity index (χ0) is 14.8. The van der Waals surface area contributed by atoms with Crippen molar-refractivity contribution in [3.05, 3.63) is 66.0 Å². The Morgan fingerprint density at radius 3 is 2.38 bits per heavy atom. The highest BCUT2D eigenvalue weighted by molar-refractivity contribution is 5.91. The number of H-pyrrole nitrogens is 1. The van der Waals surface area contributed by atoms with E-state index in [0.29, 0.717) is 5.82 Å². The molecule has 3 rings (SSSR count). The van der Waals surface area contributed by atoms with Crippen LogP contribution in [0.25, 0.3) is 22.5 Å². The molecule has 0 fully saturated rings. The van der Waals surface area contributed by atoms with E-state index < -0.39 is 5.97 Å². The van der Waals surface area contributed by atoms with Crippen LogP contribution < -0.4 is 0 Å². The number of benzene rings is 2. The number of aromatic carboxylic acids is 1. The summed E-state index contributed by atoms with van der Waals surface area (Å²) in [6, 6.07) is 13.2. The number of rotatable bonds is 3. The van der Waals surface area contributed by atoms with Gasteiger partial charge in [0.2, 0.25) is 0 Å². The van der Waals surface area contributed by atoms with E-state index in [4.69, 9.17) is 0 Å². The molecule has 3 aromatic rings. The summed E-state index contributed by atoms with van der Waals surface area (Å²) < 4.78 is 0. The topological polar surface area (TPSA) is 66.0 Å². The summed E-state index contributed by atoms with van der Waals surface area (Å²) in [6.07, 6.45) is 3.36. The van der Waals surface area contributed by atoms with E-state index in [0.717, 1.165) is 16.7 Å². The molecule has 0 aliphatic rings. The van der Waals surface area contributed by atoms with Crippen LogP contribution in [0.2, 0.25) is 0 Å². The minimum atomic E-state index is -0.947. The van der Waals surface area contributed by atoms with Gasteiger partial charge in [-0.3, -0.25) is 0 Å². The van der Waals surface area contributed by atoms with Gasteiger partial charge in [0.25, 0.3) is 0 Å². The summed E-state index contributed by atoms with van der Waals surface area (Å²) in [5.74, 6) is -0.289. The van der Waals surface area contributed by atoms with E-state index in [2.05, 4.69) is 9.97 Å². The van der Waals surface area contributed by atoms with Crippen molar-refractivity contribution in [3.63, 3.8) is 0 Å². The number of nitrogens with zero attached hydrogens (tertiary/aromatic N) is 1. The van der Waals surface area contributed by atoms with Crippen LogP contribution in [0.1, 0.15) is 15.9 Å². The number of imidazole rings is 1. The average molecular weight is 278 g/mol. The monoisotopic (exact) mass is 278 g/mol. The van der Waals surface area contributed by atoms with Gasteiger partial charge in [-0.2, -0.15) is 0 Å². The van der Waals surface area contributed by atoms with Crippen molar-refractivity contribution >= 4 is 5.97 Å². The second kappa shape index (κ2) is 5.25. The zero-order valence-electron chi connectivity index (χ0n) is 11.5. The lowest BCUT2D eigenvalue weighted by atomic mass is 9.98. The first kappa shape index (κ1) is 13.1. The van der Waals surface area contributed by atoms with Crippen LogP contribution in [-0.4, -0.2) is 21.0 Å². The van der Waals surface area contributed by atoms with Crippen LogP contribution in [-0.2, 0) is 0 Å². The molecule has 4 heteroatoms. The van der Waals surface area contributed by atoms with E-state index in [1.165, 1.54) is 5.56 Å². The van der Waals surface area contributed by atoms with Crippen molar-refractivity contribution in [2.75, 3.05) is 0 Å². The second-order valence-corrected chi connectivity index (χ2v) is 4.91. The standard InChI is InChI=1S/C17H14N2O2/c1-11-2-4-12(5-3-11)13-8-14(16-18-6-7-19-16)10-15(9-13)17(20)21/h2-10H,1H3,(H,18,19)(H,20,21). The molecule has 1 heterocycles. The Hall–Kier alpha value is -2.88. The van der Waals surface area contributed by atoms with Gasteiger partial charge in [-0.05, 0) is 36.2 Å². The Balaban J connectivity index is 2.16. The van der Waals surface area contributed by atoms with E-state index in [-0.39, 0.29) is 5.56 Å². The lowest BCUT2D eigenvalue weighted by molar-refractivity contribution is 0.0697. The summed E-state index contributed by atoms with van der Waals surface area (Å²) in [5, 5.41) is 9.29. The molecule has 21 heavy (non-hydrogen) atoms. The lowest BCUT2D eigenvalue weighted by Crippen LogP contribution is -1.98. The first-order chi connectivity index (χ1) is 10.1. The SMILES string of the molecule is Cc1ccc(-c2cc(C(=O)O)cc(-c3ncc[nH]3)c2)cc1. The average Bonchev–Trinajstić information content (AvgIpc) is 3.02. The maximum Gasteiger partial charge on any atom is 0.335 e. The molecular formula is C17H14N2O2. The molecule has 0 spiro atoms. The number of carbonyl (C=O) groups is 1. The van der Waals surface area contributed by atoms with E-state index >= 15 is 0 Å². The third-order valence-corrected chi connectivity index (χ3v) is 3.34. The smallest absolute Gasteiger partial charge is 0.335 e. The van der Waals surface area contributed by atoms with Crippen LogP contribution in [0.4, 0.5) is 0 Å². The highest BCUT2D eigenvalue weighted by Gasteiger charge is 2.10. The van der Waals surface area contributed by atoms with Crippen molar-refractivity contribution < 1.29 is 9.90 Å². The van der Waals surface area contributed by atoms with Gasteiger partial charge in [0.15, 0.2) is 0 Å². The Labute approximate surface area is 122 Å². The van der Waals surface area contributed by atoms with Crippen LogP contribution in [0.15, 0.2) is 54.9 Å². The van der Waals surface area contributed by atoms with Gasteiger partial charge in [0.1, 0.15) is 5.82 Å². The van der Waals surface area contributed by atoms with Gasteiger partial charge in [0, 0.05) is 18.0 Å². The number of nitrogens with one attached hydrogen (secondary N) is 1. The fourth-order valence-electron chi connectivity index (χ4n) is 2.22. The molecule has 1 aromatic heterocycles. The van der Waals surface area contributed by atoms with Crippen LogP contribution >= 0.6 is 0 Å². The predicted molar refractivity (Wildman–Crippen MR) is 81.2 cm³/mol. The number of carboxylic acid groups (broad SMARTS) is 1.